The molecule has 0 bridgehead atoms. The molecule has 1 aliphatic rings. The molecule has 0 saturated carbocycles. The summed E-state index contributed by atoms with van der Waals surface area (Å²) in [6, 6.07) is 0.542. The van der Waals surface area contributed by atoms with Crippen molar-refractivity contribution >= 4 is 0 Å². The lowest BCUT2D eigenvalue weighted by Gasteiger charge is -2.34. The van der Waals surface area contributed by atoms with Gasteiger partial charge in [0.25, 0.3) is 0 Å². The fourth-order valence-corrected chi connectivity index (χ4v) is 2.38. The maximum Gasteiger partial charge on any atom is 0.0826 e. The number of morpholine rings is 1. The van der Waals surface area contributed by atoms with Gasteiger partial charge in [-0.1, -0.05) is 20.8 Å². The third-order valence-electron chi connectivity index (χ3n) is 3.64. The minimum atomic E-state index is 0.349. The van der Waals surface area contributed by atoms with Crippen LogP contribution in [0.25, 0.3) is 0 Å². The van der Waals surface area contributed by atoms with Crippen LogP contribution in [0, 0.1) is 5.92 Å². The summed E-state index contributed by atoms with van der Waals surface area (Å²) in [5.41, 5.74) is 0. The van der Waals surface area contributed by atoms with Gasteiger partial charge < -0.3 is 15.0 Å². The number of nitrogens with zero attached hydrogens (tertiary/aromatic N) is 2. The molecule has 2 unspecified atom stereocenters. The lowest BCUT2D eigenvalue weighted by Crippen LogP contribution is -2.50. The fraction of sp³-hybridized carbons (Fsp3) is 1.00. The van der Waals surface area contributed by atoms with Crippen molar-refractivity contribution in [2.45, 2.75) is 32.9 Å². The molecule has 4 nitrogen and oxygen atoms in total. The molecule has 1 saturated heterocycles. The Bertz CT molecular complexity index is 221. The first-order chi connectivity index (χ1) is 8.52. The summed E-state index contributed by atoms with van der Waals surface area (Å²) in [5.74, 6) is 0.651. The van der Waals surface area contributed by atoms with E-state index in [-0.39, 0.29) is 0 Å². The molecular formula is C14H31N3O. The van der Waals surface area contributed by atoms with Gasteiger partial charge in [-0.15, -0.1) is 0 Å². The summed E-state index contributed by atoms with van der Waals surface area (Å²) in [6.45, 7) is 13.0. The van der Waals surface area contributed by atoms with Gasteiger partial charge in [0.2, 0.25) is 0 Å². The van der Waals surface area contributed by atoms with Crippen molar-refractivity contribution < 1.29 is 4.74 Å². The van der Waals surface area contributed by atoms with Gasteiger partial charge in [-0.05, 0) is 26.6 Å². The zero-order valence-corrected chi connectivity index (χ0v) is 12.8. The molecule has 0 aliphatic carbocycles. The molecule has 1 rings (SSSR count). The number of nitrogens with one attached hydrogen (secondary N) is 1. The second-order valence-corrected chi connectivity index (χ2v) is 5.91. The highest BCUT2D eigenvalue weighted by atomic mass is 16.5. The third-order valence-corrected chi connectivity index (χ3v) is 3.64. The monoisotopic (exact) mass is 257 g/mol. The molecule has 0 aromatic rings. The van der Waals surface area contributed by atoms with Gasteiger partial charge in [0.15, 0.2) is 0 Å². The molecule has 1 aliphatic heterocycles. The second kappa shape index (κ2) is 8.10. The molecule has 4 heteroatoms. The Morgan fingerprint density at radius 3 is 2.67 bits per heavy atom. The Balaban J connectivity index is 2.32. The summed E-state index contributed by atoms with van der Waals surface area (Å²) in [6.07, 6.45) is 0.349. The van der Waals surface area contributed by atoms with Crippen LogP contribution in [0.3, 0.4) is 0 Å². The average molecular weight is 257 g/mol. The van der Waals surface area contributed by atoms with Crippen molar-refractivity contribution in [2.24, 2.45) is 5.92 Å². The van der Waals surface area contributed by atoms with Crippen LogP contribution in [0.15, 0.2) is 0 Å². The van der Waals surface area contributed by atoms with Crippen LogP contribution in [0.5, 0.6) is 0 Å². The lowest BCUT2D eigenvalue weighted by atomic mass is 10.0. The van der Waals surface area contributed by atoms with E-state index in [2.05, 4.69) is 50.0 Å². The standard InChI is InChI=1S/C14H31N3O/c1-6-17-7-8-18-13(10-17)9-15-14(12(2)3)11-16(4)5/h12-15H,6-11H2,1-5H3. The molecule has 0 radical (unpaired) electrons. The first-order valence-corrected chi connectivity index (χ1v) is 7.25. The largest absolute Gasteiger partial charge is 0.374 e. The quantitative estimate of drug-likeness (QED) is 0.733. The van der Waals surface area contributed by atoms with Gasteiger partial charge in [-0.2, -0.15) is 0 Å². The van der Waals surface area contributed by atoms with Crippen molar-refractivity contribution in [1.82, 2.24) is 15.1 Å². The van der Waals surface area contributed by atoms with E-state index < -0.39 is 0 Å². The molecule has 1 heterocycles. The van der Waals surface area contributed by atoms with Gasteiger partial charge in [-0.3, -0.25) is 4.90 Å². The summed E-state index contributed by atoms with van der Waals surface area (Å²) >= 11 is 0. The average Bonchev–Trinajstić information content (AvgIpc) is 2.34. The van der Waals surface area contributed by atoms with Crippen molar-refractivity contribution in [3.8, 4) is 0 Å². The number of likely N-dealkylation sites (N-methyl/N-ethyl adjacent to an activating group) is 2. The number of ether oxygens (including phenoxy) is 1. The summed E-state index contributed by atoms with van der Waals surface area (Å²) in [7, 11) is 4.26. The molecule has 108 valence electrons. The molecule has 18 heavy (non-hydrogen) atoms. The van der Waals surface area contributed by atoms with E-state index in [0.29, 0.717) is 18.1 Å². The zero-order valence-electron chi connectivity index (χ0n) is 12.8. The Morgan fingerprint density at radius 1 is 1.39 bits per heavy atom. The van der Waals surface area contributed by atoms with Gasteiger partial charge in [0, 0.05) is 32.2 Å². The predicted octanol–water partition coefficient (Wildman–Crippen LogP) is 0.883. The molecule has 0 aromatic heterocycles. The van der Waals surface area contributed by atoms with Crippen molar-refractivity contribution in [3.05, 3.63) is 0 Å². The Kier molecular flexibility index (Phi) is 7.15. The maximum atomic E-state index is 5.83. The van der Waals surface area contributed by atoms with Gasteiger partial charge in [-0.25, -0.2) is 0 Å². The number of hydrogen-bond acceptors (Lipinski definition) is 4. The molecule has 0 aromatic carbocycles. The molecule has 1 N–H and O–H groups in total. The summed E-state index contributed by atoms with van der Waals surface area (Å²) < 4.78 is 5.83. The molecule has 0 amide bonds. The third kappa shape index (κ3) is 5.65. The summed E-state index contributed by atoms with van der Waals surface area (Å²) in [5, 5.41) is 3.67. The Hall–Kier alpha value is -0.160. The fourth-order valence-electron chi connectivity index (χ4n) is 2.38. The summed E-state index contributed by atoms with van der Waals surface area (Å²) in [4.78, 5) is 4.71. The first kappa shape index (κ1) is 15.9. The second-order valence-electron chi connectivity index (χ2n) is 5.91. The highest BCUT2D eigenvalue weighted by molar-refractivity contribution is 4.78. The zero-order chi connectivity index (χ0) is 13.5. The van der Waals surface area contributed by atoms with E-state index in [0.717, 1.165) is 39.3 Å². The Morgan fingerprint density at radius 2 is 2.11 bits per heavy atom. The van der Waals surface area contributed by atoms with Crippen LogP contribution in [0.1, 0.15) is 20.8 Å². The minimum Gasteiger partial charge on any atom is -0.374 e. The van der Waals surface area contributed by atoms with E-state index in [1.54, 1.807) is 0 Å². The molecule has 0 spiro atoms. The SMILES string of the molecule is CCN1CCOC(CNC(CN(C)C)C(C)C)C1. The first-order valence-electron chi connectivity index (χ1n) is 7.25. The predicted molar refractivity (Wildman–Crippen MR) is 77.0 cm³/mol. The van der Waals surface area contributed by atoms with Crippen LogP contribution in [-0.4, -0.2) is 75.4 Å². The van der Waals surface area contributed by atoms with Gasteiger partial charge in [0.05, 0.1) is 12.7 Å². The van der Waals surface area contributed by atoms with E-state index in [1.807, 2.05) is 0 Å². The van der Waals surface area contributed by atoms with Crippen LogP contribution in [0.2, 0.25) is 0 Å². The smallest absolute Gasteiger partial charge is 0.0826 e. The van der Waals surface area contributed by atoms with Crippen LogP contribution < -0.4 is 5.32 Å². The van der Waals surface area contributed by atoms with Crippen molar-refractivity contribution in [3.63, 3.8) is 0 Å². The highest BCUT2D eigenvalue weighted by Crippen LogP contribution is 2.07. The van der Waals surface area contributed by atoms with E-state index in [9.17, 15) is 0 Å². The molecule has 1 fully saturated rings. The van der Waals surface area contributed by atoms with Crippen molar-refractivity contribution in [2.75, 3.05) is 53.4 Å². The molecule has 2 atom stereocenters. The van der Waals surface area contributed by atoms with Gasteiger partial charge >= 0.3 is 0 Å². The van der Waals surface area contributed by atoms with Crippen LogP contribution >= 0.6 is 0 Å². The van der Waals surface area contributed by atoms with Gasteiger partial charge in [0.1, 0.15) is 0 Å². The maximum absolute atomic E-state index is 5.83. The van der Waals surface area contributed by atoms with E-state index in [1.165, 1.54) is 0 Å². The van der Waals surface area contributed by atoms with Crippen LogP contribution in [0.4, 0.5) is 0 Å². The normalized spacial score (nSPS) is 23.8. The topological polar surface area (TPSA) is 27.7 Å². The number of rotatable bonds is 7. The van der Waals surface area contributed by atoms with E-state index >= 15 is 0 Å². The molecular weight excluding hydrogens is 226 g/mol. The number of hydrogen-bond donors (Lipinski definition) is 1. The Labute approximate surface area is 113 Å². The highest BCUT2D eigenvalue weighted by Gasteiger charge is 2.21. The minimum absolute atomic E-state index is 0.349. The van der Waals surface area contributed by atoms with Crippen molar-refractivity contribution in [1.29, 1.82) is 0 Å². The van der Waals surface area contributed by atoms with Crippen LogP contribution in [-0.2, 0) is 4.74 Å². The van der Waals surface area contributed by atoms with E-state index in [4.69, 9.17) is 4.74 Å². The lowest BCUT2D eigenvalue weighted by molar-refractivity contribution is -0.0272.